The Morgan fingerprint density at radius 3 is 2.59 bits per heavy atom. The number of halogens is 1. The molecule has 2 heterocycles. The van der Waals surface area contributed by atoms with Crippen molar-refractivity contribution in [3.05, 3.63) is 42.0 Å². The van der Waals surface area contributed by atoms with E-state index < -0.39 is 0 Å². The first-order chi connectivity index (χ1) is 15.2. The van der Waals surface area contributed by atoms with E-state index in [4.69, 9.17) is 14.2 Å². The summed E-state index contributed by atoms with van der Waals surface area (Å²) >= 11 is 0. The zero-order valence-electron chi connectivity index (χ0n) is 19.2. The summed E-state index contributed by atoms with van der Waals surface area (Å²) in [5.74, 6) is 1.85. The molecule has 1 N–H and O–H groups in total. The van der Waals surface area contributed by atoms with E-state index in [1.165, 1.54) is 29.2 Å². The van der Waals surface area contributed by atoms with Crippen LogP contribution in [0.15, 0.2) is 41.4 Å². The number of piperidine rings is 1. The van der Waals surface area contributed by atoms with Crippen molar-refractivity contribution in [3.8, 4) is 5.75 Å². The number of hydrogen-bond donors (Lipinski definition) is 1. The molecule has 0 radical (unpaired) electrons. The summed E-state index contributed by atoms with van der Waals surface area (Å²) in [5.41, 5.74) is 1.24. The van der Waals surface area contributed by atoms with Crippen molar-refractivity contribution in [2.75, 3.05) is 40.5 Å². The zero-order valence-corrected chi connectivity index (χ0v) is 21.5. The molecule has 0 spiro atoms. The first-order valence-electron chi connectivity index (χ1n) is 11.5. The molecule has 2 aliphatic heterocycles. The van der Waals surface area contributed by atoms with Crippen LogP contribution >= 0.6 is 24.0 Å². The molecule has 176 valence electrons. The molecular weight excluding hydrogens is 517 g/mol. The number of hydrogen-bond acceptors (Lipinski definition) is 4. The molecule has 2 saturated heterocycles. The van der Waals surface area contributed by atoms with Crippen LogP contribution in [0.25, 0.3) is 10.8 Å². The highest BCUT2D eigenvalue weighted by molar-refractivity contribution is 14.0. The molecule has 6 nitrogen and oxygen atoms in total. The van der Waals surface area contributed by atoms with Gasteiger partial charge < -0.3 is 24.4 Å². The van der Waals surface area contributed by atoms with Crippen molar-refractivity contribution < 1.29 is 14.2 Å². The normalized spacial score (nSPS) is 20.1. The lowest BCUT2D eigenvalue weighted by Gasteiger charge is -2.35. The van der Waals surface area contributed by atoms with Crippen LogP contribution in [-0.2, 0) is 16.0 Å². The van der Waals surface area contributed by atoms with Crippen molar-refractivity contribution >= 4 is 40.7 Å². The van der Waals surface area contributed by atoms with Crippen LogP contribution in [0, 0.1) is 0 Å². The molecule has 7 heteroatoms. The molecule has 4 rings (SSSR count). The molecule has 0 saturated carbocycles. The molecule has 0 amide bonds. The summed E-state index contributed by atoms with van der Waals surface area (Å²) in [5, 5.41) is 5.94. The number of rotatable bonds is 6. The van der Waals surface area contributed by atoms with E-state index in [-0.39, 0.29) is 24.0 Å². The second kappa shape index (κ2) is 12.6. The lowest BCUT2D eigenvalue weighted by atomic mass is 10.1. The average molecular weight is 553 g/mol. The Kier molecular flexibility index (Phi) is 9.87. The Hall–Kier alpha value is -1.58. The minimum absolute atomic E-state index is 0. The van der Waals surface area contributed by atoms with Crippen molar-refractivity contribution in [3.63, 3.8) is 0 Å². The number of ether oxygens (including phenoxy) is 3. The van der Waals surface area contributed by atoms with Crippen LogP contribution < -0.4 is 10.1 Å². The number of nitrogens with zero attached hydrogens (tertiary/aromatic N) is 2. The van der Waals surface area contributed by atoms with Crippen LogP contribution in [0.1, 0.15) is 37.7 Å². The lowest BCUT2D eigenvalue weighted by molar-refractivity contribution is -0.0721. The molecule has 1 unspecified atom stereocenters. The number of nitrogens with one attached hydrogen (secondary N) is 1. The van der Waals surface area contributed by atoms with Gasteiger partial charge >= 0.3 is 0 Å². The summed E-state index contributed by atoms with van der Waals surface area (Å²) in [7, 11) is 3.56. The Balaban J connectivity index is 0.00000289. The third kappa shape index (κ3) is 6.71. The third-order valence-electron chi connectivity index (χ3n) is 6.31. The van der Waals surface area contributed by atoms with Gasteiger partial charge in [0.15, 0.2) is 5.96 Å². The van der Waals surface area contributed by atoms with E-state index in [1.807, 2.05) is 13.1 Å². The summed E-state index contributed by atoms with van der Waals surface area (Å²) in [4.78, 5) is 6.85. The van der Waals surface area contributed by atoms with Gasteiger partial charge in [0.2, 0.25) is 0 Å². The first-order valence-corrected chi connectivity index (χ1v) is 11.5. The highest BCUT2D eigenvalue weighted by Gasteiger charge is 2.23. The second-order valence-electron chi connectivity index (χ2n) is 8.46. The predicted octanol–water partition coefficient (Wildman–Crippen LogP) is 4.59. The van der Waals surface area contributed by atoms with Gasteiger partial charge in [-0.15, -0.1) is 24.0 Å². The topological polar surface area (TPSA) is 55.3 Å². The van der Waals surface area contributed by atoms with E-state index in [0.717, 1.165) is 63.8 Å². The zero-order chi connectivity index (χ0) is 21.5. The van der Waals surface area contributed by atoms with Crippen molar-refractivity contribution in [2.24, 2.45) is 4.99 Å². The van der Waals surface area contributed by atoms with Crippen molar-refractivity contribution in [1.82, 2.24) is 10.2 Å². The van der Waals surface area contributed by atoms with E-state index in [1.54, 1.807) is 7.11 Å². The lowest BCUT2D eigenvalue weighted by Crippen LogP contribution is -2.47. The van der Waals surface area contributed by atoms with Gasteiger partial charge in [-0.05, 0) is 66.6 Å². The van der Waals surface area contributed by atoms with Crippen LogP contribution in [0.5, 0.6) is 5.75 Å². The Bertz CT molecular complexity index is 878. The fraction of sp³-hybridized carbons (Fsp3) is 0.560. The average Bonchev–Trinajstić information content (AvgIpc) is 2.84. The monoisotopic (exact) mass is 553 g/mol. The maximum atomic E-state index is 6.15. The quantitative estimate of drug-likeness (QED) is 0.322. The Morgan fingerprint density at radius 1 is 1.09 bits per heavy atom. The summed E-state index contributed by atoms with van der Waals surface area (Å²) in [6.45, 7) is 4.32. The molecule has 2 aromatic carbocycles. The highest BCUT2D eigenvalue weighted by atomic mass is 127. The smallest absolute Gasteiger partial charge is 0.193 e. The summed E-state index contributed by atoms with van der Waals surface area (Å²) < 4.78 is 17.3. The largest absolute Gasteiger partial charge is 0.497 e. The number of fused-ring (bicyclic) bond motifs is 1. The van der Waals surface area contributed by atoms with Crippen LogP contribution in [0.3, 0.4) is 0 Å². The molecule has 2 fully saturated rings. The maximum Gasteiger partial charge on any atom is 0.193 e. The predicted molar refractivity (Wildman–Crippen MR) is 140 cm³/mol. The number of likely N-dealkylation sites (tertiary alicyclic amines) is 1. The second-order valence-corrected chi connectivity index (χ2v) is 8.46. The number of benzene rings is 2. The Morgan fingerprint density at radius 2 is 1.88 bits per heavy atom. The van der Waals surface area contributed by atoms with Gasteiger partial charge in [0.05, 0.1) is 25.9 Å². The summed E-state index contributed by atoms with van der Waals surface area (Å²) in [6, 6.07) is 12.7. The van der Waals surface area contributed by atoms with Gasteiger partial charge in [0, 0.05) is 33.3 Å². The van der Waals surface area contributed by atoms with Gasteiger partial charge in [-0.25, -0.2) is 0 Å². The third-order valence-corrected chi connectivity index (χ3v) is 6.31. The SMILES string of the molecule is CN=C(NCc1ccc2cc(OC)ccc2c1)N1CCC(OCC2CCCCO2)CC1.I. The first kappa shape index (κ1) is 25.1. The van der Waals surface area contributed by atoms with Gasteiger partial charge in [0.25, 0.3) is 0 Å². The maximum absolute atomic E-state index is 6.15. The molecule has 2 aliphatic rings. The summed E-state index contributed by atoms with van der Waals surface area (Å²) in [6.07, 6.45) is 6.28. The molecule has 32 heavy (non-hydrogen) atoms. The van der Waals surface area contributed by atoms with Crippen molar-refractivity contribution in [1.29, 1.82) is 0 Å². The van der Waals surface area contributed by atoms with Crippen LogP contribution in [0.4, 0.5) is 0 Å². The van der Waals surface area contributed by atoms with E-state index in [2.05, 4.69) is 45.5 Å². The molecule has 0 aromatic heterocycles. The standard InChI is InChI=1S/C25H35N3O3.HI/c1-26-25(27-17-19-6-7-21-16-23(29-2)9-8-20(21)15-19)28-12-10-22(11-13-28)31-18-24-5-3-4-14-30-24;/h6-9,15-16,22,24H,3-5,10-14,17-18H2,1-2H3,(H,26,27);1H. The fourth-order valence-corrected chi connectivity index (χ4v) is 4.44. The molecule has 2 aromatic rings. The fourth-order valence-electron chi connectivity index (χ4n) is 4.44. The van der Waals surface area contributed by atoms with Gasteiger partial charge in [-0.3, -0.25) is 4.99 Å². The van der Waals surface area contributed by atoms with Crippen molar-refractivity contribution in [2.45, 2.75) is 50.9 Å². The minimum Gasteiger partial charge on any atom is -0.497 e. The molecule has 1 atom stereocenters. The molecule has 0 aliphatic carbocycles. The van der Waals surface area contributed by atoms with Gasteiger partial charge in [-0.2, -0.15) is 0 Å². The van der Waals surface area contributed by atoms with Gasteiger partial charge in [0.1, 0.15) is 5.75 Å². The Labute approximate surface area is 208 Å². The number of aliphatic imine (C=N–C) groups is 1. The molecule has 0 bridgehead atoms. The van der Waals surface area contributed by atoms with Crippen LogP contribution in [0.2, 0.25) is 0 Å². The number of guanidine groups is 1. The van der Waals surface area contributed by atoms with E-state index in [9.17, 15) is 0 Å². The van der Waals surface area contributed by atoms with Gasteiger partial charge in [-0.1, -0.05) is 18.2 Å². The van der Waals surface area contributed by atoms with Crippen LogP contribution in [-0.4, -0.2) is 63.5 Å². The highest BCUT2D eigenvalue weighted by Crippen LogP contribution is 2.22. The minimum atomic E-state index is 0. The molecular formula is C25H36IN3O3. The van der Waals surface area contributed by atoms with E-state index >= 15 is 0 Å². The number of methoxy groups -OCH3 is 1. The van der Waals surface area contributed by atoms with E-state index in [0.29, 0.717) is 12.2 Å².